The van der Waals surface area contributed by atoms with Crippen molar-refractivity contribution in [3.63, 3.8) is 0 Å². The molecule has 1 saturated heterocycles. The van der Waals surface area contributed by atoms with Gasteiger partial charge >= 0.3 is 11.9 Å². The summed E-state index contributed by atoms with van der Waals surface area (Å²) in [5.41, 5.74) is -7.49. The van der Waals surface area contributed by atoms with E-state index in [9.17, 15) is 24.3 Å². The molecule has 10 atom stereocenters. The Morgan fingerprint density at radius 3 is 2.58 bits per heavy atom. The number of thioether (sulfide) groups is 1. The molecule has 0 amide bonds. The zero-order chi connectivity index (χ0) is 27.8. The van der Waals surface area contributed by atoms with E-state index >= 15 is 8.78 Å². The van der Waals surface area contributed by atoms with Gasteiger partial charge in [-0.1, -0.05) is 26.8 Å². The number of esters is 2. The number of ether oxygens (including phenoxy) is 2. The minimum atomic E-state index is -2.30. The smallest absolute Gasteiger partial charge is 0.307 e. The van der Waals surface area contributed by atoms with Crippen LogP contribution in [0.4, 0.5) is 8.78 Å². The van der Waals surface area contributed by atoms with Crippen LogP contribution in [0.5, 0.6) is 0 Å². The van der Waals surface area contributed by atoms with E-state index in [2.05, 4.69) is 0 Å². The van der Waals surface area contributed by atoms with E-state index in [1.807, 2.05) is 0 Å². The van der Waals surface area contributed by atoms with Gasteiger partial charge in [-0.25, -0.2) is 8.78 Å². The van der Waals surface area contributed by atoms with Crippen molar-refractivity contribution in [2.45, 2.75) is 95.2 Å². The van der Waals surface area contributed by atoms with Gasteiger partial charge in [0.2, 0.25) is 5.12 Å². The highest BCUT2D eigenvalue weighted by atomic mass is 32.2. The number of hydrogen-bond donors (Lipinski definition) is 1. The van der Waals surface area contributed by atoms with Gasteiger partial charge in [0, 0.05) is 41.9 Å². The molecule has 1 heterocycles. The van der Waals surface area contributed by atoms with E-state index in [1.165, 1.54) is 19.1 Å². The minimum Gasteiger partial charge on any atom is -0.451 e. The first-order valence-corrected chi connectivity index (χ1v) is 14.2. The lowest BCUT2D eigenvalue weighted by molar-refractivity contribution is -0.228. The Labute approximate surface area is 224 Å². The van der Waals surface area contributed by atoms with Gasteiger partial charge in [-0.15, -0.1) is 0 Å². The Morgan fingerprint density at radius 1 is 1.24 bits per heavy atom. The SMILES string of the molecule is CCC(=O)O[C@]1(C(=O)SC2CCC(=O)O2)[C@H](C)C[C@H]2[C@@H]3C[C@H](F)C4=CC(=O)C=C[C@]4(C)[C@@]3(F)[C@@H](O)C[C@@]21C. The molecular formula is C28H34F2O7S. The van der Waals surface area contributed by atoms with Gasteiger partial charge in [-0.3, -0.25) is 19.2 Å². The second-order valence-electron chi connectivity index (χ2n) is 11.9. The van der Waals surface area contributed by atoms with Gasteiger partial charge in [-0.2, -0.15) is 0 Å². The Kier molecular flexibility index (Phi) is 6.50. The van der Waals surface area contributed by atoms with E-state index in [0.29, 0.717) is 6.42 Å². The molecule has 0 aromatic carbocycles. The quantitative estimate of drug-likeness (QED) is 0.518. The molecule has 10 heteroatoms. The molecule has 1 aliphatic heterocycles. The summed E-state index contributed by atoms with van der Waals surface area (Å²) in [5.74, 6) is -3.62. The molecule has 5 rings (SSSR count). The molecule has 38 heavy (non-hydrogen) atoms. The molecule has 1 unspecified atom stereocenters. The third kappa shape index (κ3) is 3.47. The lowest BCUT2D eigenvalue weighted by Gasteiger charge is -2.63. The third-order valence-electron chi connectivity index (χ3n) is 10.1. The number of hydrogen-bond acceptors (Lipinski definition) is 8. The van der Waals surface area contributed by atoms with Crippen LogP contribution < -0.4 is 0 Å². The van der Waals surface area contributed by atoms with Gasteiger partial charge < -0.3 is 14.6 Å². The van der Waals surface area contributed by atoms with Gasteiger partial charge in [0.25, 0.3) is 0 Å². The summed E-state index contributed by atoms with van der Waals surface area (Å²) in [5, 5.41) is 11.1. The number of fused-ring (bicyclic) bond motifs is 5. The number of aliphatic hydroxyl groups excluding tert-OH is 1. The van der Waals surface area contributed by atoms with Crippen LogP contribution in [-0.4, -0.2) is 56.9 Å². The normalized spacial score (nSPS) is 47.5. The standard InChI is InChI=1S/C28H34F2O7S/c1-5-21(33)37-28(24(35)38-23-7-6-22(34)36-23)14(2)10-16-17-12-19(29)18-11-15(31)8-9-25(18,3)27(17,30)20(32)13-26(16,28)4/h8-9,11,14,16-17,19-20,23,32H,5-7,10,12-13H2,1-4H3/t14-,16+,17+,19+,20+,23?,25+,26+,27+,28+/m1/s1. The number of aliphatic hydroxyl groups is 1. The van der Waals surface area contributed by atoms with Crippen molar-refractivity contribution in [2.24, 2.45) is 28.6 Å². The number of ketones is 1. The monoisotopic (exact) mass is 552 g/mol. The van der Waals surface area contributed by atoms with Crippen LogP contribution in [0.1, 0.15) is 66.2 Å². The number of rotatable bonds is 4. The Morgan fingerprint density at radius 2 is 1.95 bits per heavy atom. The number of carbonyl (C=O) groups excluding carboxylic acids is 4. The van der Waals surface area contributed by atoms with Gasteiger partial charge in [0.1, 0.15) is 6.17 Å². The van der Waals surface area contributed by atoms with Crippen molar-refractivity contribution in [2.75, 3.05) is 0 Å². The zero-order valence-electron chi connectivity index (χ0n) is 22.0. The first-order chi connectivity index (χ1) is 17.7. The average molecular weight is 553 g/mol. The van der Waals surface area contributed by atoms with Crippen LogP contribution in [0.2, 0.25) is 0 Å². The van der Waals surface area contributed by atoms with Crippen LogP contribution in [0, 0.1) is 28.6 Å². The maximum atomic E-state index is 17.4. The van der Waals surface area contributed by atoms with Gasteiger partial charge in [0.05, 0.1) is 6.10 Å². The Balaban J connectivity index is 1.60. The van der Waals surface area contributed by atoms with Crippen molar-refractivity contribution < 1.29 is 42.5 Å². The summed E-state index contributed by atoms with van der Waals surface area (Å²) >= 11 is 0.799. The van der Waals surface area contributed by atoms with Crippen LogP contribution >= 0.6 is 11.8 Å². The maximum absolute atomic E-state index is 17.4. The average Bonchev–Trinajstić information content (AvgIpc) is 3.35. The zero-order valence-corrected chi connectivity index (χ0v) is 22.8. The largest absolute Gasteiger partial charge is 0.451 e. The van der Waals surface area contributed by atoms with E-state index in [0.717, 1.165) is 17.8 Å². The maximum Gasteiger partial charge on any atom is 0.307 e. The third-order valence-corrected chi connectivity index (χ3v) is 11.2. The molecule has 7 nitrogen and oxygen atoms in total. The fraction of sp³-hybridized carbons (Fsp3) is 0.714. The summed E-state index contributed by atoms with van der Waals surface area (Å²) in [7, 11) is 0. The molecule has 4 fully saturated rings. The van der Waals surface area contributed by atoms with Crippen molar-refractivity contribution in [1.29, 1.82) is 0 Å². The highest BCUT2D eigenvalue weighted by molar-refractivity contribution is 8.14. The first kappa shape index (κ1) is 27.5. The molecule has 0 aromatic heterocycles. The molecule has 3 saturated carbocycles. The second kappa shape index (κ2) is 8.98. The number of halogens is 2. The summed E-state index contributed by atoms with van der Waals surface area (Å²) in [4.78, 5) is 50.6. The fourth-order valence-electron chi connectivity index (χ4n) is 8.26. The van der Waals surface area contributed by atoms with E-state index in [1.54, 1.807) is 20.8 Å². The Bertz CT molecular complexity index is 1150. The molecule has 0 spiro atoms. The molecule has 5 aliphatic rings. The van der Waals surface area contributed by atoms with Crippen LogP contribution in [0.3, 0.4) is 0 Å². The summed E-state index contributed by atoms with van der Waals surface area (Å²) in [6, 6.07) is 0. The van der Waals surface area contributed by atoms with E-state index < -0.39 is 80.4 Å². The second-order valence-corrected chi connectivity index (χ2v) is 13.1. The molecule has 208 valence electrons. The topological polar surface area (TPSA) is 107 Å². The van der Waals surface area contributed by atoms with Gasteiger partial charge in [-0.05, 0) is 61.6 Å². The van der Waals surface area contributed by atoms with E-state index in [-0.39, 0.29) is 37.7 Å². The predicted octanol–water partition coefficient (Wildman–Crippen LogP) is 4.17. The summed E-state index contributed by atoms with van der Waals surface area (Å²) < 4.78 is 44.4. The molecule has 4 aliphatic carbocycles. The molecular weight excluding hydrogens is 518 g/mol. The first-order valence-electron chi connectivity index (χ1n) is 13.3. The van der Waals surface area contributed by atoms with Crippen molar-refractivity contribution >= 4 is 34.6 Å². The van der Waals surface area contributed by atoms with Crippen LogP contribution in [0.25, 0.3) is 0 Å². The molecule has 0 bridgehead atoms. The minimum absolute atomic E-state index is 0.00219. The van der Waals surface area contributed by atoms with Crippen molar-refractivity contribution in [1.82, 2.24) is 0 Å². The van der Waals surface area contributed by atoms with Crippen molar-refractivity contribution in [3.05, 3.63) is 23.8 Å². The molecule has 0 aromatic rings. The predicted molar refractivity (Wildman–Crippen MR) is 134 cm³/mol. The number of allylic oxidation sites excluding steroid dienone is 4. The summed E-state index contributed by atoms with van der Waals surface area (Å²) in [6.45, 7) is 6.62. The lowest BCUT2D eigenvalue weighted by atomic mass is 9.44. The van der Waals surface area contributed by atoms with Crippen LogP contribution in [-0.2, 0) is 28.7 Å². The number of cyclic esters (lactones) is 1. The van der Waals surface area contributed by atoms with Crippen LogP contribution in [0.15, 0.2) is 23.8 Å². The van der Waals surface area contributed by atoms with Crippen molar-refractivity contribution in [3.8, 4) is 0 Å². The summed E-state index contributed by atoms with van der Waals surface area (Å²) in [6.07, 6.45) is 0.812. The number of carbonyl (C=O) groups is 4. The highest BCUT2D eigenvalue weighted by Crippen LogP contribution is 2.72. The Hall–Kier alpha value is -2.07. The highest BCUT2D eigenvalue weighted by Gasteiger charge is 2.78. The lowest BCUT2D eigenvalue weighted by Crippen LogP contribution is -2.70. The molecule has 0 radical (unpaired) electrons. The fourth-order valence-corrected chi connectivity index (χ4v) is 9.54. The molecule has 1 N–H and O–H groups in total. The van der Waals surface area contributed by atoms with Gasteiger partial charge in [0.15, 0.2) is 22.5 Å². The van der Waals surface area contributed by atoms with E-state index in [4.69, 9.17) is 9.47 Å². The number of alkyl halides is 2.